The fraction of sp³-hybridized carbons (Fsp3) is 0.308. The van der Waals surface area contributed by atoms with E-state index < -0.39 is 10.0 Å². The van der Waals surface area contributed by atoms with Crippen molar-refractivity contribution in [1.82, 2.24) is 14.7 Å². The molecule has 2 N–H and O–H groups in total. The van der Waals surface area contributed by atoms with E-state index in [-0.39, 0.29) is 11.1 Å². The van der Waals surface area contributed by atoms with Gasteiger partial charge >= 0.3 is 0 Å². The third-order valence-corrected chi connectivity index (χ3v) is 4.26. The predicted octanol–water partition coefficient (Wildman–Crippen LogP) is 2.15. The molecule has 1 atom stereocenters. The Bertz CT molecular complexity index is 635. The van der Waals surface area contributed by atoms with E-state index in [1.165, 1.54) is 6.20 Å². The molecule has 1 heterocycles. The number of aryl methyl sites for hydroxylation is 1. The predicted molar refractivity (Wildman–Crippen MR) is 73.1 cm³/mol. The fourth-order valence-electron chi connectivity index (χ4n) is 1.86. The van der Waals surface area contributed by atoms with Gasteiger partial charge in [0.1, 0.15) is 5.82 Å². The fourth-order valence-corrected chi connectivity index (χ4v) is 3.14. The zero-order valence-corrected chi connectivity index (χ0v) is 11.7. The maximum absolute atomic E-state index is 12.2. The Labute approximate surface area is 113 Å². The van der Waals surface area contributed by atoms with Crippen LogP contribution in [0.15, 0.2) is 41.6 Å². The zero-order chi connectivity index (χ0) is 13.9. The van der Waals surface area contributed by atoms with Gasteiger partial charge in [-0.15, -0.1) is 0 Å². The lowest BCUT2D eigenvalue weighted by molar-refractivity contribution is 0.547. The van der Waals surface area contributed by atoms with Crippen LogP contribution in [0.4, 0.5) is 0 Å². The van der Waals surface area contributed by atoms with Crippen LogP contribution in [0.1, 0.15) is 30.8 Å². The van der Waals surface area contributed by atoms with Crippen molar-refractivity contribution < 1.29 is 8.42 Å². The van der Waals surface area contributed by atoms with E-state index in [0.29, 0.717) is 12.2 Å². The lowest BCUT2D eigenvalue weighted by Gasteiger charge is -2.16. The van der Waals surface area contributed by atoms with Crippen LogP contribution >= 0.6 is 0 Å². The Hall–Kier alpha value is -1.66. The Morgan fingerprint density at radius 1 is 1.32 bits per heavy atom. The van der Waals surface area contributed by atoms with Gasteiger partial charge in [-0.3, -0.25) is 0 Å². The van der Waals surface area contributed by atoms with Gasteiger partial charge in [-0.25, -0.2) is 18.1 Å². The summed E-state index contributed by atoms with van der Waals surface area (Å²) in [6.45, 7) is 3.66. The zero-order valence-electron chi connectivity index (χ0n) is 10.9. The van der Waals surface area contributed by atoms with Crippen LogP contribution in [0.5, 0.6) is 0 Å². The van der Waals surface area contributed by atoms with E-state index >= 15 is 0 Å². The first-order valence-corrected chi connectivity index (χ1v) is 7.60. The van der Waals surface area contributed by atoms with Crippen LogP contribution in [-0.2, 0) is 10.0 Å². The van der Waals surface area contributed by atoms with Crippen molar-refractivity contribution in [2.24, 2.45) is 0 Å². The summed E-state index contributed by atoms with van der Waals surface area (Å²) in [5, 5.41) is 0.0966. The Kier molecular flexibility index (Phi) is 4.01. The van der Waals surface area contributed by atoms with Crippen molar-refractivity contribution in [3.05, 3.63) is 47.9 Å². The molecule has 102 valence electrons. The Morgan fingerprint density at radius 2 is 2.00 bits per heavy atom. The molecule has 0 aliphatic carbocycles. The van der Waals surface area contributed by atoms with Gasteiger partial charge in [-0.2, -0.15) is 0 Å². The summed E-state index contributed by atoms with van der Waals surface area (Å²) in [4.78, 5) is 6.65. The molecule has 6 heteroatoms. The molecule has 0 aliphatic rings. The van der Waals surface area contributed by atoms with Crippen molar-refractivity contribution in [2.75, 3.05) is 0 Å². The van der Waals surface area contributed by atoms with Gasteiger partial charge in [0.2, 0.25) is 0 Å². The maximum Gasteiger partial charge on any atom is 0.258 e. The summed E-state index contributed by atoms with van der Waals surface area (Å²) in [7, 11) is -3.57. The first-order chi connectivity index (χ1) is 9.03. The molecule has 1 aromatic heterocycles. The molecular weight excluding hydrogens is 262 g/mol. The van der Waals surface area contributed by atoms with Crippen LogP contribution in [-0.4, -0.2) is 18.4 Å². The highest BCUT2D eigenvalue weighted by molar-refractivity contribution is 7.89. The molecule has 0 saturated carbocycles. The standard InChI is InChI=1S/C13H17N3O2S/c1-3-12(11-7-5-4-6-8-11)16-19(17,18)13-9-14-10(2)15-13/h4-9,12,16H,3H2,1-2H3,(H,14,15). The number of aromatic nitrogens is 2. The van der Waals surface area contributed by atoms with Gasteiger partial charge < -0.3 is 4.98 Å². The Balaban J connectivity index is 2.23. The molecule has 0 radical (unpaired) electrons. The van der Waals surface area contributed by atoms with E-state index in [2.05, 4.69) is 14.7 Å². The number of benzene rings is 1. The third kappa shape index (κ3) is 3.21. The van der Waals surface area contributed by atoms with E-state index in [4.69, 9.17) is 0 Å². The Morgan fingerprint density at radius 3 is 2.53 bits per heavy atom. The second-order valence-electron chi connectivity index (χ2n) is 4.33. The minimum absolute atomic E-state index is 0.0966. The summed E-state index contributed by atoms with van der Waals surface area (Å²) < 4.78 is 27.1. The highest BCUT2D eigenvalue weighted by Crippen LogP contribution is 2.19. The topological polar surface area (TPSA) is 74.8 Å². The second kappa shape index (κ2) is 5.54. The van der Waals surface area contributed by atoms with Crippen LogP contribution in [0.25, 0.3) is 0 Å². The molecule has 19 heavy (non-hydrogen) atoms. The molecule has 1 aromatic carbocycles. The quantitative estimate of drug-likeness (QED) is 0.880. The van der Waals surface area contributed by atoms with Gasteiger partial charge in [-0.1, -0.05) is 37.3 Å². The number of H-pyrrole nitrogens is 1. The van der Waals surface area contributed by atoms with Crippen LogP contribution in [0.3, 0.4) is 0 Å². The van der Waals surface area contributed by atoms with Crippen molar-refractivity contribution in [3.8, 4) is 0 Å². The van der Waals surface area contributed by atoms with Gasteiger partial charge in [0.05, 0.1) is 6.20 Å². The summed E-state index contributed by atoms with van der Waals surface area (Å²) in [6.07, 6.45) is 2.01. The highest BCUT2D eigenvalue weighted by Gasteiger charge is 2.21. The monoisotopic (exact) mass is 279 g/mol. The average Bonchev–Trinajstić information content (AvgIpc) is 2.85. The first-order valence-electron chi connectivity index (χ1n) is 6.12. The number of nitrogens with one attached hydrogen (secondary N) is 2. The maximum atomic E-state index is 12.2. The minimum atomic E-state index is -3.57. The number of imidazole rings is 1. The number of rotatable bonds is 5. The van der Waals surface area contributed by atoms with E-state index in [1.54, 1.807) is 6.92 Å². The van der Waals surface area contributed by atoms with E-state index in [9.17, 15) is 8.42 Å². The summed E-state index contributed by atoms with van der Waals surface area (Å²) in [6, 6.07) is 9.28. The second-order valence-corrected chi connectivity index (χ2v) is 6.01. The molecule has 2 rings (SSSR count). The van der Waals surface area contributed by atoms with Crippen molar-refractivity contribution in [3.63, 3.8) is 0 Å². The van der Waals surface area contributed by atoms with Gasteiger partial charge in [0.25, 0.3) is 10.0 Å². The lowest BCUT2D eigenvalue weighted by atomic mass is 10.1. The third-order valence-electron chi connectivity index (χ3n) is 2.88. The highest BCUT2D eigenvalue weighted by atomic mass is 32.2. The van der Waals surface area contributed by atoms with Gasteiger partial charge in [0.15, 0.2) is 5.03 Å². The SMILES string of the molecule is CCC(NS(=O)(=O)c1cnc(C)[nH]1)c1ccccc1. The number of hydrogen-bond donors (Lipinski definition) is 2. The lowest BCUT2D eigenvalue weighted by Crippen LogP contribution is -2.28. The van der Waals surface area contributed by atoms with Crippen LogP contribution in [0, 0.1) is 6.92 Å². The molecule has 0 spiro atoms. The molecule has 5 nitrogen and oxygen atoms in total. The van der Waals surface area contributed by atoms with Crippen molar-refractivity contribution in [1.29, 1.82) is 0 Å². The van der Waals surface area contributed by atoms with Gasteiger partial charge in [0, 0.05) is 6.04 Å². The first kappa shape index (κ1) is 13.8. The average molecular weight is 279 g/mol. The van der Waals surface area contributed by atoms with Gasteiger partial charge in [-0.05, 0) is 18.9 Å². The number of sulfonamides is 1. The summed E-state index contributed by atoms with van der Waals surface area (Å²) >= 11 is 0. The van der Waals surface area contributed by atoms with Crippen molar-refractivity contribution >= 4 is 10.0 Å². The number of hydrogen-bond acceptors (Lipinski definition) is 3. The van der Waals surface area contributed by atoms with E-state index in [1.807, 2.05) is 37.3 Å². The summed E-state index contributed by atoms with van der Waals surface area (Å²) in [5.74, 6) is 0.577. The molecule has 1 unspecified atom stereocenters. The number of nitrogens with zero attached hydrogens (tertiary/aromatic N) is 1. The molecule has 0 fully saturated rings. The summed E-state index contributed by atoms with van der Waals surface area (Å²) in [5.41, 5.74) is 0.949. The molecule has 0 amide bonds. The number of aromatic amines is 1. The van der Waals surface area contributed by atoms with Crippen LogP contribution < -0.4 is 4.72 Å². The minimum Gasteiger partial charge on any atom is -0.332 e. The molecular formula is C13H17N3O2S. The van der Waals surface area contributed by atoms with Crippen LogP contribution in [0.2, 0.25) is 0 Å². The molecule has 2 aromatic rings. The normalized spacial score (nSPS) is 13.4. The van der Waals surface area contributed by atoms with E-state index in [0.717, 1.165) is 5.56 Å². The molecule has 0 saturated heterocycles. The molecule has 0 bridgehead atoms. The van der Waals surface area contributed by atoms with Crippen molar-refractivity contribution in [2.45, 2.75) is 31.3 Å². The largest absolute Gasteiger partial charge is 0.332 e. The smallest absolute Gasteiger partial charge is 0.258 e. The molecule has 0 aliphatic heterocycles.